The fourth-order valence-corrected chi connectivity index (χ4v) is 1.74. The second-order valence-corrected chi connectivity index (χ2v) is 6.05. The number of ether oxygens (including phenoxy) is 1. The Morgan fingerprint density at radius 2 is 2.05 bits per heavy atom. The highest BCUT2D eigenvalue weighted by Gasteiger charge is 2.11. The van der Waals surface area contributed by atoms with Crippen LogP contribution in [0, 0.1) is 6.92 Å². The maximum absolute atomic E-state index is 5.58. The van der Waals surface area contributed by atoms with Crippen LogP contribution in [0.25, 0.3) is 0 Å². The van der Waals surface area contributed by atoms with E-state index in [9.17, 15) is 0 Å². The minimum atomic E-state index is 0.137. The summed E-state index contributed by atoms with van der Waals surface area (Å²) in [7, 11) is 0. The van der Waals surface area contributed by atoms with E-state index in [1.54, 1.807) is 0 Å². The van der Waals surface area contributed by atoms with Crippen LogP contribution < -0.4 is 5.32 Å². The molecule has 0 radical (unpaired) electrons. The summed E-state index contributed by atoms with van der Waals surface area (Å²) in [6.45, 7) is 14.1. The molecule has 0 saturated heterocycles. The predicted molar refractivity (Wildman–Crippen MR) is 79.3 cm³/mol. The summed E-state index contributed by atoms with van der Waals surface area (Å²) in [4.78, 5) is 0. The SMILES string of the molecule is CCCCOCCn1ncc(CNC(C)(C)C)c1C. The molecule has 4 heteroatoms. The highest BCUT2D eigenvalue weighted by Crippen LogP contribution is 2.09. The summed E-state index contributed by atoms with van der Waals surface area (Å²) in [5.41, 5.74) is 2.64. The minimum absolute atomic E-state index is 0.137. The Morgan fingerprint density at radius 3 is 2.68 bits per heavy atom. The highest BCUT2D eigenvalue weighted by atomic mass is 16.5. The number of rotatable bonds is 8. The smallest absolute Gasteiger partial charge is 0.0662 e. The van der Waals surface area contributed by atoms with Gasteiger partial charge < -0.3 is 10.1 Å². The first kappa shape index (κ1) is 16.2. The van der Waals surface area contributed by atoms with Crippen LogP contribution in [0.3, 0.4) is 0 Å². The van der Waals surface area contributed by atoms with E-state index in [0.717, 1.165) is 32.7 Å². The second kappa shape index (κ2) is 7.65. The predicted octanol–water partition coefficient (Wildman–Crippen LogP) is 2.90. The number of hydrogen-bond donors (Lipinski definition) is 1. The van der Waals surface area contributed by atoms with Gasteiger partial charge in [0.1, 0.15) is 0 Å². The molecule has 0 spiro atoms. The van der Waals surface area contributed by atoms with Crippen molar-refractivity contribution >= 4 is 0 Å². The van der Waals surface area contributed by atoms with E-state index in [-0.39, 0.29) is 5.54 Å². The van der Waals surface area contributed by atoms with Crippen LogP contribution >= 0.6 is 0 Å². The van der Waals surface area contributed by atoms with Gasteiger partial charge in [0.2, 0.25) is 0 Å². The highest BCUT2D eigenvalue weighted by molar-refractivity contribution is 5.16. The van der Waals surface area contributed by atoms with Crippen LogP contribution in [0.4, 0.5) is 0 Å². The average molecular weight is 267 g/mol. The van der Waals surface area contributed by atoms with Gasteiger partial charge in [0, 0.05) is 29.9 Å². The topological polar surface area (TPSA) is 39.1 Å². The summed E-state index contributed by atoms with van der Waals surface area (Å²) < 4.78 is 7.61. The lowest BCUT2D eigenvalue weighted by atomic mass is 10.1. The molecule has 19 heavy (non-hydrogen) atoms. The number of aromatic nitrogens is 2. The molecular weight excluding hydrogens is 238 g/mol. The molecule has 0 atom stereocenters. The van der Waals surface area contributed by atoms with Gasteiger partial charge in [0.05, 0.1) is 19.3 Å². The summed E-state index contributed by atoms with van der Waals surface area (Å²) in [6.07, 6.45) is 4.28. The summed E-state index contributed by atoms with van der Waals surface area (Å²) in [5.74, 6) is 0. The van der Waals surface area contributed by atoms with Gasteiger partial charge in [-0.1, -0.05) is 13.3 Å². The monoisotopic (exact) mass is 267 g/mol. The van der Waals surface area contributed by atoms with Crippen LogP contribution in [-0.4, -0.2) is 28.5 Å². The normalized spacial score (nSPS) is 12.1. The van der Waals surface area contributed by atoms with Crippen LogP contribution in [0.1, 0.15) is 51.8 Å². The van der Waals surface area contributed by atoms with Crippen molar-refractivity contribution in [2.45, 2.75) is 66.1 Å². The Hall–Kier alpha value is -0.870. The van der Waals surface area contributed by atoms with E-state index in [2.05, 4.69) is 45.0 Å². The molecule has 0 aliphatic rings. The molecular formula is C15H29N3O. The van der Waals surface area contributed by atoms with E-state index >= 15 is 0 Å². The van der Waals surface area contributed by atoms with Gasteiger partial charge in [-0.15, -0.1) is 0 Å². The lowest BCUT2D eigenvalue weighted by molar-refractivity contribution is 0.120. The Bertz CT molecular complexity index is 366. The molecule has 1 rings (SSSR count). The van der Waals surface area contributed by atoms with E-state index in [0.29, 0.717) is 0 Å². The van der Waals surface area contributed by atoms with Crippen molar-refractivity contribution in [3.63, 3.8) is 0 Å². The standard InChI is InChI=1S/C15H29N3O/c1-6-7-9-19-10-8-18-13(2)14(12-17-18)11-16-15(3,4)5/h12,16H,6-11H2,1-5H3. The van der Waals surface area contributed by atoms with Crippen molar-refractivity contribution in [3.05, 3.63) is 17.5 Å². The van der Waals surface area contributed by atoms with Gasteiger partial charge in [-0.3, -0.25) is 4.68 Å². The zero-order chi connectivity index (χ0) is 14.3. The summed E-state index contributed by atoms with van der Waals surface area (Å²) >= 11 is 0. The van der Waals surface area contributed by atoms with Crippen molar-refractivity contribution in [2.75, 3.05) is 13.2 Å². The quantitative estimate of drug-likeness (QED) is 0.736. The fraction of sp³-hybridized carbons (Fsp3) is 0.800. The average Bonchev–Trinajstić information content (AvgIpc) is 2.67. The Balaban J connectivity index is 2.38. The van der Waals surface area contributed by atoms with Crippen molar-refractivity contribution in [1.29, 1.82) is 0 Å². The van der Waals surface area contributed by atoms with E-state index in [4.69, 9.17) is 4.74 Å². The molecule has 4 nitrogen and oxygen atoms in total. The van der Waals surface area contributed by atoms with Crippen molar-refractivity contribution in [2.24, 2.45) is 0 Å². The van der Waals surface area contributed by atoms with Crippen LogP contribution in [-0.2, 0) is 17.8 Å². The van der Waals surface area contributed by atoms with Crippen LogP contribution in [0.2, 0.25) is 0 Å². The van der Waals surface area contributed by atoms with Crippen LogP contribution in [0.5, 0.6) is 0 Å². The minimum Gasteiger partial charge on any atom is -0.380 e. The molecule has 0 fully saturated rings. The molecule has 0 unspecified atom stereocenters. The number of hydrogen-bond acceptors (Lipinski definition) is 3. The van der Waals surface area contributed by atoms with E-state index in [1.807, 2.05) is 10.9 Å². The maximum atomic E-state index is 5.58. The first-order chi connectivity index (χ1) is 8.94. The first-order valence-electron chi connectivity index (χ1n) is 7.28. The molecule has 110 valence electrons. The van der Waals surface area contributed by atoms with Crippen molar-refractivity contribution in [1.82, 2.24) is 15.1 Å². The second-order valence-electron chi connectivity index (χ2n) is 6.05. The summed E-state index contributed by atoms with van der Waals surface area (Å²) in [5, 5.41) is 7.92. The van der Waals surface area contributed by atoms with Gasteiger partial charge in [-0.05, 0) is 34.1 Å². The number of unbranched alkanes of at least 4 members (excludes halogenated alkanes) is 1. The molecule has 1 aromatic heterocycles. The molecule has 1 aromatic rings. The first-order valence-corrected chi connectivity index (χ1v) is 7.28. The molecule has 0 aliphatic carbocycles. The van der Waals surface area contributed by atoms with E-state index < -0.39 is 0 Å². The van der Waals surface area contributed by atoms with Gasteiger partial charge in [-0.25, -0.2) is 0 Å². The molecule has 1 N–H and O–H groups in total. The Kier molecular flexibility index (Phi) is 6.52. The third kappa shape index (κ3) is 6.21. The van der Waals surface area contributed by atoms with Gasteiger partial charge in [0.15, 0.2) is 0 Å². The lowest BCUT2D eigenvalue weighted by Crippen LogP contribution is -2.35. The van der Waals surface area contributed by atoms with Gasteiger partial charge in [0.25, 0.3) is 0 Å². The molecule has 0 saturated carbocycles. The van der Waals surface area contributed by atoms with Crippen molar-refractivity contribution < 1.29 is 4.74 Å². The van der Waals surface area contributed by atoms with Gasteiger partial charge in [-0.2, -0.15) is 5.10 Å². The zero-order valence-electron chi connectivity index (χ0n) is 13.1. The number of nitrogens with zero attached hydrogens (tertiary/aromatic N) is 2. The fourth-order valence-electron chi connectivity index (χ4n) is 1.74. The molecule has 1 heterocycles. The largest absolute Gasteiger partial charge is 0.380 e. The molecule has 0 amide bonds. The van der Waals surface area contributed by atoms with Crippen molar-refractivity contribution in [3.8, 4) is 0 Å². The summed E-state index contributed by atoms with van der Waals surface area (Å²) in [6, 6.07) is 0. The third-order valence-corrected chi connectivity index (χ3v) is 3.10. The number of nitrogens with one attached hydrogen (secondary N) is 1. The lowest BCUT2D eigenvalue weighted by Gasteiger charge is -2.20. The third-order valence-electron chi connectivity index (χ3n) is 3.10. The molecule has 0 aliphatic heterocycles. The Labute approximate surface area is 117 Å². The Morgan fingerprint density at radius 1 is 1.32 bits per heavy atom. The zero-order valence-corrected chi connectivity index (χ0v) is 13.1. The maximum Gasteiger partial charge on any atom is 0.0662 e. The molecule has 0 bridgehead atoms. The van der Waals surface area contributed by atoms with Crippen LogP contribution in [0.15, 0.2) is 6.20 Å². The van der Waals surface area contributed by atoms with Gasteiger partial charge >= 0.3 is 0 Å². The van der Waals surface area contributed by atoms with E-state index in [1.165, 1.54) is 17.7 Å². The molecule has 0 aromatic carbocycles.